The fourth-order valence-electron chi connectivity index (χ4n) is 1.96. The molecule has 1 fully saturated rings. The summed E-state index contributed by atoms with van der Waals surface area (Å²) < 4.78 is 0.919. The Balaban J connectivity index is 1.92. The van der Waals surface area contributed by atoms with Crippen LogP contribution in [0.2, 0.25) is 0 Å². The second-order valence-electron chi connectivity index (χ2n) is 3.91. The molecule has 3 heteroatoms. The SMILES string of the molecule is Brc1ccc(C[C@@H]2CCCNC2)cn1. The lowest BCUT2D eigenvalue weighted by Crippen LogP contribution is -2.30. The largest absolute Gasteiger partial charge is 0.316 e. The lowest BCUT2D eigenvalue weighted by Gasteiger charge is -2.22. The molecule has 0 radical (unpaired) electrons. The van der Waals surface area contributed by atoms with Gasteiger partial charge in [0.2, 0.25) is 0 Å². The molecule has 1 aromatic rings. The van der Waals surface area contributed by atoms with Crippen LogP contribution in [0.3, 0.4) is 0 Å². The predicted octanol–water partition coefficient (Wildman–Crippen LogP) is 2.39. The van der Waals surface area contributed by atoms with Crippen molar-refractivity contribution in [2.24, 2.45) is 5.92 Å². The maximum atomic E-state index is 4.24. The van der Waals surface area contributed by atoms with E-state index in [2.05, 4.69) is 32.3 Å². The van der Waals surface area contributed by atoms with Crippen LogP contribution < -0.4 is 5.32 Å². The van der Waals surface area contributed by atoms with Gasteiger partial charge in [0.25, 0.3) is 0 Å². The van der Waals surface area contributed by atoms with E-state index in [4.69, 9.17) is 0 Å². The van der Waals surface area contributed by atoms with Crippen LogP contribution in [0.15, 0.2) is 22.9 Å². The van der Waals surface area contributed by atoms with E-state index in [1.807, 2.05) is 12.3 Å². The maximum Gasteiger partial charge on any atom is 0.106 e. The van der Waals surface area contributed by atoms with Gasteiger partial charge in [-0.2, -0.15) is 0 Å². The van der Waals surface area contributed by atoms with E-state index in [1.165, 1.54) is 24.9 Å². The smallest absolute Gasteiger partial charge is 0.106 e. The highest BCUT2D eigenvalue weighted by molar-refractivity contribution is 9.10. The third-order valence-electron chi connectivity index (χ3n) is 2.71. The lowest BCUT2D eigenvalue weighted by molar-refractivity contribution is 0.376. The minimum absolute atomic E-state index is 0.798. The van der Waals surface area contributed by atoms with Crippen LogP contribution in [-0.4, -0.2) is 18.1 Å². The minimum atomic E-state index is 0.798. The van der Waals surface area contributed by atoms with E-state index in [9.17, 15) is 0 Å². The average molecular weight is 255 g/mol. The summed E-state index contributed by atoms with van der Waals surface area (Å²) in [4.78, 5) is 4.24. The predicted molar refractivity (Wildman–Crippen MR) is 61.2 cm³/mol. The Labute approximate surface area is 93.3 Å². The molecule has 0 unspecified atom stereocenters. The molecule has 1 aromatic heterocycles. The molecule has 0 aromatic carbocycles. The summed E-state index contributed by atoms with van der Waals surface area (Å²) in [5, 5.41) is 3.44. The van der Waals surface area contributed by atoms with Crippen LogP contribution in [0.25, 0.3) is 0 Å². The molecule has 2 rings (SSSR count). The zero-order valence-electron chi connectivity index (χ0n) is 8.17. The highest BCUT2D eigenvalue weighted by atomic mass is 79.9. The molecule has 76 valence electrons. The Morgan fingerprint density at radius 1 is 1.50 bits per heavy atom. The number of hydrogen-bond donors (Lipinski definition) is 1. The van der Waals surface area contributed by atoms with Gasteiger partial charge in [0.05, 0.1) is 0 Å². The number of aromatic nitrogens is 1. The molecule has 0 spiro atoms. The number of nitrogens with zero attached hydrogens (tertiary/aromatic N) is 1. The van der Waals surface area contributed by atoms with Crippen molar-refractivity contribution in [3.63, 3.8) is 0 Å². The van der Waals surface area contributed by atoms with E-state index in [0.29, 0.717) is 0 Å². The summed E-state index contributed by atoms with van der Waals surface area (Å²) in [6, 6.07) is 4.18. The van der Waals surface area contributed by atoms with Gasteiger partial charge in [0.15, 0.2) is 0 Å². The van der Waals surface area contributed by atoms with Gasteiger partial charge >= 0.3 is 0 Å². The van der Waals surface area contributed by atoms with E-state index < -0.39 is 0 Å². The van der Waals surface area contributed by atoms with Crippen LogP contribution in [0, 0.1) is 5.92 Å². The van der Waals surface area contributed by atoms with Crippen molar-refractivity contribution in [3.05, 3.63) is 28.5 Å². The van der Waals surface area contributed by atoms with Crippen LogP contribution >= 0.6 is 15.9 Å². The third-order valence-corrected chi connectivity index (χ3v) is 3.18. The maximum absolute atomic E-state index is 4.24. The second kappa shape index (κ2) is 4.89. The van der Waals surface area contributed by atoms with Gasteiger partial charge in [-0.05, 0) is 65.8 Å². The monoisotopic (exact) mass is 254 g/mol. The Bertz CT molecular complexity index is 278. The molecule has 0 saturated carbocycles. The number of pyridine rings is 1. The van der Waals surface area contributed by atoms with Crippen molar-refractivity contribution in [1.29, 1.82) is 0 Å². The third kappa shape index (κ3) is 2.79. The highest BCUT2D eigenvalue weighted by Gasteiger charge is 2.13. The number of piperidine rings is 1. The highest BCUT2D eigenvalue weighted by Crippen LogP contribution is 2.16. The van der Waals surface area contributed by atoms with Crippen LogP contribution in [-0.2, 0) is 6.42 Å². The lowest BCUT2D eigenvalue weighted by atomic mass is 9.93. The Kier molecular flexibility index (Phi) is 3.54. The zero-order chi connectivity index (χ0) is 9.80. The van der Waals surface area contributed by atoms with Crippen molar-refractivity contribution in [1.82, 2.24) is 10.3 Å². The summed E-state index contributed by atoms with van der Waals surface area (Å²) in [6.07, 6.45) is 5.80. The Morgan fingerprint density at radius 2 is 2.43 bits per heavy atom. The fraction of sp³-hybridized carbons (Fsp3) is 0.545. The molecule has 1 aliphatic rings. The summed E-state index contributed by atoms with van der Waals surface area (Å²) in [6.45, 7) is 2.35. The fourth-order valence-corrected chi connectivity index (χ4v) is 2.19. The van der Waals surface area contributed by atoms with Crippen molar-refractivity contribution in [2.45, 2.75) is 19.3 Å². The van der Waals surface area contributed by atoms with Crippen molar-refractivity contribution < 1.29 is 0 Å². The molecule has 0 bridgehead atoms. The van der Waals surface area contributed by atoms with Crippen LogP contribution in [0.4, 0.5) is 0 Å². The topological polar surface area (TPSA) is 24.9 Å². The van der Waals surface area contributed by atoms with Gasteiger partial charge < -0.3 is 5.32 Å². The standard InChI is InChI=1S/C11H15BrN2/c12-11-4-3-10(8-14-11)6-9-2-1-5-13-7-9/h3-4,8-9,13H,1-2,5-7H2/t9-/m0/s1. The van der Waals surface area contributed by atoms with Crippen molar-refractivity contribution >= 4 is 15.9 Å². The number of halogens is 1. The molecule has 0 amide bonds. The first-order valence-electron chi connectivity index (χ1n) is 5.16. The summed E-state index contributed by atoms with van der Waals surface area (Å²) >= 11 is 3.35. The van der Waals surface area contributed by atoms with Gasteiger partial charge in [-0.1, -0.05) is 6.07 Å². The summed E-state index contributed by atoms with van der Waals surface area (Å²) in [5.41, 5.74) is 1.35. The summed E-state index contributed by atoms with van der Waals surface area (Å²) in [5.74, 6) is 0.798. The number of hydrogen-bond acceptors (Lipinski definition) is 2. The van der Waals surface area contributed by atoms with Crippen molar-refractivity contribution in [3.8, 4) is 0 Å². The molecular weight excluding hydrogens is 240 g/mol. The molecule has 1 saturated heterocycles. The first-order valence-corrected chi connectivity index (χ1v) is 5.95. The van der Waals surface area contributed by atoms with Gasteiger partial charge in [0.1, 0.15) is 4.60 Å². The first kappa shape index (κ1) is 10.1. The molecule has 1 aliphatic heterocycles. The number of rotatable bonds is 2. The van der Waals surface area contributed by atoms with Gasteiger partial charge in [-0.3, -0.25) is 0 Å². The van der Waals surface area contributed by atoms with E-state index >= 15 is 0 Å². The first-order chi connectivity index (χ1) is 6.84. The molecular formula is C11H15BrN2. The van der Waals surface area contributed by atoms with Crippen LogP contribution in [0.1, 0.15) is 18.4 Å². The van der Waals surface area contributed by atoms with Crippen LogP contribution in [0.5, 0.6) is 0 Å². The molecule has 1 N–H and O–H groups in total. The van der Waals surface area contributed by atoms with E-state index in [0.717, 1.165) is 23.5 Å². The van der Waals surface area contributed by atoms with Gasteiger partial charge in [-0.25, -0.2) is 4.98 Å². The van der Waals surface area contributed by atoms with Gasteiger partial charge in [-0.15, -0.1) is 0 Å². The Hall–Kier alpha value is -0.410. The zero-order valence-corrected chi connectivity index (χ0v) is 9.76. The molecule has 2 nitrogen and oxygen atoms in total. The molecule has 14 heavy (non-hydrogen) atoms. The quantitative estimate of drug-likeness (QED) is 0.821. The molecule has 1 atom stereocenters. The molecule has 2 heterocycles. The van der Waals surface area contributed by atoms with Gasteiger partial charge in [0, 0.05) is 6.20 Å². The second-order valence-corrected chi connectivity index (χ2v) is 4.72. The summed E-state index contributed by atoms with van der Waals surface area (Å²) in [7, 11) is 0. The van der Waals surface area contributed by atoms with E-state index in [-0.39, 0.29) is 0 Å². The minimum Gasteiger partial charge on any atom is -0.316 e. The number of nitrogens with one attached hydrogen (secondary N) is 1. The normalized spacial score (nSPS) is 22.2. The molecule has 0 aliphatic carbocycles. The van der Waals surface area contributed by atoms with E-state index in [1.54, 1.807) is 0 Å². The average Bonchev–Trinajstić information content (AvgIpc) is 2.23. The van der Waals surface area contributed by atoms with Crippen molar-refractivity contribution in [2.75, 3.05) is 13.1 Å². The Morgan fingerprint density at radius 3 is 3.07 bits per heavy atom.